The number of hydrogen-bond donors (Lipinski definition) is 6. The summed E-state index contributed by atoms with van der Waals surface area (Å²) >= 11 is 0. The van der Waals surface area contributed by atoms with E-state index in [0.717, 1.165) is 21.7 Å². The molecule has 1 amide bonds. The maximum atomic E-state index is 14.2. The topological polar surface area (TPSA) is 338 Å². The van der Waals surface area contributed by atoms with Crippen molar-refractivity contribution in [1.29, 1.82) is 0 Å². The van der Waals surface area contributed by atoms with Gasteiger partial charge in [-0.2, -0.15) is 4.98 Å². The highest BCUT2D eigenvalue weighted by Gasteiger charge is 2.50. The van der Waals surface area contributed by atoms with Crippen molar-refractivity contribution in [2.75, 3.05) is 37.5 Å². The van der Waals surface area contributed by atoms with E-state index < -0.39 is 94.8 Å². The number of carbonyl (C=O) groups is 2. The number of fused-ring (bicyclic) bond motifs is 1. The van der Waals surface area contributed by atoms with Crippen LogP contribution in [0, 0.1) is 0 Å². The van der Waals surface area contributed by atoms with E-state index >= 15 is 0 Å². The lowest BCUT2D eigenvalue weighted by atomic mass is 10.1. The average Bonchev–Trinajstić information content (AvgIpc) is 3.85. The minimum absolute atomic E-state index is 0.0197. The zero-order valence-corrected chi connectivity index (χ0v) is 39.4. The monoisotopic (exact) mass is 989 g/mol. The predicted molar refractivity (Wildman–Crippen MR) is 231 cm³/mol. The first-order valence-corrected chi connectivity index (χ1v) is 26.0. The largest absolute Gasteiger partial charge is 0.472 e. The fraction of sp³-hybridized carbons (Fsp3) is 0.656. The first kappa shape index (κ1) is 50.5. The van der Waals surface area contributed by atoms with Gasteiger partial charge in [-0.05, 0) is 6.07 Å². The van der Waals surface area contributed by atoms with Gasteiger partial charge in [0, 0.05) is 45.7 Å². The zero-order chi connectivity index (χ0) is 45.9. The summed E-state index contributed by atoms with van der Waals surface area (Å²) in [6.45, 7) is 10.0. The van der Waals surface area contributed by atoms with Gasteiger partial charge in [0.25, 0.3) is 5.24 Å². The minimum Gasteiger partial charge on any atom is -0.455 e. The molecule has 0 spiro atoms. The number of amides is 1. The number of aliphatic hydroxyl groups excluding tert-OH is 1. The minimum atomic E-state index is -5.21. The standard InChI is InChI=1S/C32H49N9O15P2S4/c1-31(2,3)61-59-13-16(39(7)30(45)60-62-32(4,5)6)28(43)55-24-19(54-27(23(24)42)41-15-37-22-25(34)35-14-36-26(22)41)12-52-58(49,50)56-17-10-21(40-9-8-20(33)38-29(40)44)53-18(17)11-51-57(46,47)48/h8-9,14-19,21,23-24,27,42H,10-13H2,1-7H3,(H,49,50)(H2,33,38,44)(H2,34,35,36)(H2,46,47,48)/t16-,17-,18+,19+,21+,23+,24+,27+/m0/s1. The normalized spacial score (nSPS) is 24.9. The Kier molecular flexibility index (Phi) is 16.5. The number of rotatable bonds is 17. The van der Waals surface area contributed by atoms with Crippen LogP contribution in [0.15, 0.2) is 29.7 Å². The summed E-state index contributed by atoms with van der Waals surface area (Å²) in [5.41, 5.74) is 11.0. The molecule has 2 saturated heterocycles. The summed E-state index contributed by atoms with van der Waals surface area (Å²) in [6, 6.07) is 0.108. The summed E-state index contributed by atoms with van der Waals surface area (Å²) in [6.07, 6.45) is -7.01. The molecule has 0 saturated carbocycles. The highest BCUT2D eigenvalue weighted by atomic mass is 33.1. The molecular weight excluding hydrogens is 941 g/mol. The molecule has 0 radical (unpaired) electrons. The van der Waals surface area contributed by atoms with E-state index in [0.29, 0.717) is 0 Å². The molecule has 2 fully saturated rings. The smallest absolute Gasteiger partial charge is 0.455 e. The number of hydrogen-bond acceptors (Lipinski definition) is 22. The summed E-state index contributed by atoms with van der Waals surface area (Å²) in [5.74, 6) is -0.927. The number of nitrogen functional groups attached to an aromatic ring is 2. The van der Waals surface area contributed by atoms with Crippen molar-refractivity contribution in [3.8, 4) is 0 Å². The number of esters is 1. The maximum absolute atomic E-state index is 14.2. The molecule has 30 heteroatoms. The number of ether oxygens (including phenoxy) is 3. The summed E-state index contributed by atoms with van der Waals surface area (Å²) in [7, 11) is -3.76. The second kappa shape index (κ2) is 20.3. The van der Waals surface area contributed by atoms with Crippen LogP contribution < -0.4 is 17.2 Å². The molecule has 0 aromatic carbocycles. The van der Waals surface area contributed by atoms with Crippen molar-refractivity contribution >= 4 is 92.8 Å². The van der Waals surface area contributed by atoms with Gasteiger partial charge >= 0.3 is 27.3 Å². The Hall–Kier alpha value is -2.53. The molecule has 0 bridgehead atoms. The van der Waals surface area contributed by atoms with E-state index in [9.17, 15) is 43.3 Å². The third kappa shape index (κ3) is 13.7. The number of nitrogens with zero attached hydrogens (tertiary/aromatic N) is 7. The molecule has 3 aromatic heterocycles. The quantitative estimate of drug-likeness (QED) is 0.0643. The molecule has 9 atom stereocenters. The van der Waals surface area contributed by atoms with E-state index in [2.05, 4.69) is 24.5 Å². The molecule has 5 heterocycles. The Morgan fingerprint density at radius 2 is 1.68 bits per heavy atom. The van der Waals surface area contributed by atoms with Gasteiger partial charge in [-0.3, -0.25) is 27.5 Å². The van der Waals surface area contributed by atoms with Crippen LogP contribution in [0.1, 0.15) is 60.4 Å². The van der Waals surface area contributed by atoms with Crippen LogP contribution in [0.25, 0.3) is 11.2 Å². The molecular formula is C32H49N9O15P2S4. The Balaban J connectivity index is 1.39. The summed E-state index contributed by atoms with van der Waals surface area (Å²) < 4.78 is 60.1. The van der Waals surface area contributed by atoms with Crippen LogP contribution in [-0.4, -0.2) is 137 Å². The van der Waals surface area contributed by atoms with Crippen molar-refractivity contribution in [2.24, 2.45) is 0 Å². The third-order valence-corrected chi connectivity index (χ3v) is 16.6. The molecule has 62 heavy (non-hydrogen) atoms. The number of aromatic nitrogens is 6. The number of phosphoric acid groups is 2. The molecule has 3 aromatic rings. The number of anilines is 2. The first-order chi connectivity index (χ1) is 28.7. The lowest BCUT2D eigenvalue weighted by molar-refractivity contribution is -0.160. The summed E-state index contributed by atoms with van der Waals surface area (Å²) in [5, 5.41) is 11.3. The van der Waals surface area contributed by atoms with Crippen LogP contribution in [0.4, 0.5) is 16.4 Å². The van der Waals surface area contributed by atoms with Gasteiger partial charge in [-0.25, -0.2) is 33.7 Å². The van der Waals surface area contributed by atoms with Crippen LogP contribution in [0.3, 0.4) is 0 Å². The van der Waals surface area contributed by atoms with Crippen LogP contribution in [0.5, 0.6) is 0 Å². The lowest BCUT2D eigenvalue weighted by Crippen LogP contribution is -2.47. The van der Waals surface area contributed by atoms with Gasteiger partial charge in [0.05, 0.1) is 19.5 Å². The molecule has 5 rings (SSSR count). The third-order valence-electron chi connectivity index (χ3n) is 8.57. The zero-order valence-electron chi connectivity index (χ0n) is 34.3. The van der Waals surface area contributed by atoms with Gasteiger partial charge in [-0.15, -0.1) is 0 Å². The molecule has 1 unspecified atom stereocenters. The number of phosphoric ester groups is 2. The number of carbonyl (C=O) groups excluding carboxylic acids is 2. The average molecular weight is 990 g/mol. The molecule has 0 aliphatic carbocycles. The number of nitrogens with two attached hydrogens (primary N) is 2. The summed E-state index contributed by atoms with van der Waals surface area (Å²) in [4.78, 5) is 86.9. The molecule has 2 aliphatic heterocycles. The first-order valence-electron chi connectivity index (χ1n) is 18.5. The second-order valence-corrected chi connectivity index (χ2v) is 24.5. The highest BCUT2D eigenvalue weighted by molar-refractivity contribution is 8.82. The number of imidazole rings is 1. The van der Waals surface area contributed by atoms with E-state index in [1.165, 1.54) is 67.5 Å². The Morgan fingerprint density at radius 3 is 2.32 bits per heavy atom. The van der Waals surface area contributed by atoms with Crippen LogP contribution in [-0.2, 0) is 41.7 Å². The highest BCUT2D eigenvalue weighted by Crippen LogP contribution is 2.50. The second-order valence-electron chi connectivity index (χ2n) is 15.8. The van der Waals surface area contributed by atoms with Crippen LogP contribution in [0.2, 0.25) is 0 Å². The number of aliphatic hydroxyl groups is 1. The molecule has 24 nitrogen and oxygen atoms in total. The fourth-order valence-electron chi connectivity index (χ4n) is 5.77. The Morgan fingerprint density at radius 1 is 1.00 bits per heavy atom. The molecule has 8 N–H and O–H groups in total. The Bertz CT molecular complexity index is 2230. The fourth-order valence-corrected chi connectivity index (χ4v) is 11.5. The lowest BCUT2D eigenvalue weighted by Gasteiger charge is -2.30. The predicted octanol–water partition coefficient (Wildman–Crippen LogP) is 3.10. The SMILES string of the molecule is CN(C(=O)SSC(C)(C)C)[C@@H](CSSC(C)(C)C)C(=O)O[C@H]1[C@@H](O)[C@H](n2cnc3c(N)ncnc32)O[C@@H]1COP(=O)(O)O[C@H]1C[C@H](n2ccc(N)nc2=O)O[C@@H]1COP(=O)(O)O. The Labute approximate surface area is 370 Å². The van der Waals surface area contributed by atoms with E-state index in [1.807, 2.05) is 41.5 Å². The van der Waals surface area contributed by atoms with Crippen molar-refractivity contribution in [2.45, 2.75) is 106 Å². The van der Waals surface area contributed by atoms with Crippen molar-refractivity contribution < 1.29 is 66.3 Å². The van der Waals surface area contributed by atoms with Gasteiger partial charge in [0.15, 0.2) is 23.8 Å². The van der Waals surface area contributed by atoms with E-state index in [4.69, 9.17) is 34.7 Å². The van der Waals surface area contributed by atoms with Crippen molar-refractivity contribution in [3.05, 3.63) is 35.4 Å². The van der Waals surface area contributed by atoms with Gasteiger partial charge in [-0.1, -0.05) is 73.9 Å². The van der Waals surface area contributed by atoms with E-state index in [-0.39, 0.29) is 44.5 Å². The van der Waals surface area contributed by atoms with Crippen LogP contribution >= 0.6 is 58.8 Å². The van der Waals surface area contributed by atoms with Gasteiger partial charge in [0.2, 0.25) is 0 Å². The van der Waals surface area contributed by atoms with Crippen molar-refractivity contribution in [1.82, 2.24) is 34.0 Å². The number of likely N-dealkylation sites (N-methyl/N-ethyl adjacent to an activating group) is 1. The van der Waals surface area contributed by atoms with Gasteiger partial charge in [0.1, 0.15) is 54.3 Å². The molecule has 2 aliphatic rings. The van der Waals surface area contributed by atoms with Gasteiger partial charge < -0.3 is 50.4 Å². The maximum Gasteiger partial charge on any atom is 0.472 e. The van der Waals surface area contributed by atoms with Crippen molar-refractivity contribution in [3.63, 3.8) is 0 Å². The molecule has 346 valence electrons. The van der Waals surface area contributed by atoms with E-state index in [1.54, 1.807) is 0 Å².